The average molecular weight is 309 g/mol. The molecule has 0 aliphatic rings. The minimum atomic E-state index is 0.0325. The van der Waals surface area contributed by atoms with E-state index in [4.69, 9.17) is 0 Å². The van der Waals surface area contributed by atoms with Crippen molar-refractivity contribution in [2.75, 3.05) is 18.9 Å². The summed E-state index contributed by atoms with van der Waals surface area (Å²) in [5.41, 5.74) is 0.793. The topological polar surface area (TPSA) is 45.2 Å². The second kappa shape index (κ2) is 6.37. The van der Waals surface area contributed by atoms with E-state index in [1.807, 2.05) is 39.3 Å². The molecule has 6 heteroatoms. The first-order valence-corrected chi connectivity index (χ1v) is 8.26. The SMILES string of the molecule is CCNc1nc(C)c(C(=O)N(C)[C@@H](C)c2cccs2)s1. The third kappa shape index (κ3) is 3.02. The van der Waals surface area contributed by atoms with E-state index in [1.54, 1.807) is 16.2 Å². The summed E-state index contributed by atoms with van der Waals surface area (Å²) < 4.78 is 0. The molecule has 2 aromatic rings. The Morgan fingerprint density at radius 3 is 2.90 bits per heavy atom. The van der Waals surface area contributed by atoms with Crippen molar-refractivity contribution in [1.82, 2.24) is 9.88 Å². The highest BCUT2D eigenvalue weighted by Crippen LogP contribution is 2.28. The lowest BCUT2D eigenvalue weighted by atomic mass is 10.2. The Morgan fingerprint density at radius 1 is 1.55 bits per heavy atom. The van der Waals surface area contributed by atoms with Crippen LogP contribution in [-0.2, 0) is 0 Å². The number of nitrogens with zero attached hydrogens (tertiary/aromatic N) is 2. The minimum Gasteiger partial charge on any atom is -0.362 e. The summed E-state index contributed by atoms with van der Waals surface area (Å²) >= 11 is 3.10. The number of aromatic nitrogens is 1. The van der Waals surface area contributed by atoms with E-state index < -0.39 is 0 Å². The van der Waals surface area contributed by atoms with Crippen molar-refractivity contribution in [2.45, 2.75) is 26.8 Å². The lowest BCUT2D eigenvalue weighted by molar-refractivity contribution is 0.0749. The number of anilines is 1. The van der Waals surface area contributed by atoms with Gasteiger partial charge in [-0.05, 0) is 32.2 Å². The van der Waals surface area contributed by atoms with E-state index in [0.29, 0.717) is 4.88 Å². The molecule has 0 spiro atoms. The van der Waals surface area contributed by atoms with Crippen molar-refractivity contribution in [2.24, 2.45) is 0 Å². The number of hydrogen-bond acceptors (Lipinski definition) is 5. The summed E-state index contributed by atoms with van der Waals surface area (Å²) in [6, 6.07) is 4.14. The highest BCUT2D eigenvalue weighted by atomic mass is 32.1. The largest absolute Gasteiger partial charge is 0.362 e. The molecule has 0 unspecified atom stereocenters. The fourth-order valence-electron chi connectivity index (χ4n) is 1.88. The quantitative estimate of drug-likeness (QED) is 0.914. The summed E-state index contributed by atoms with van der Waals surface area (Å²) in [4.78, 5) is 20.7. The van der Waals surface area contributed by atoms with Crippen LogP contribution in [0.1, 0.15) is 40.1 Å². The van der Waals surface area contributed by atoms with Crippen LogP contribution in [0.2, 0.25) is 0 Å². The predicted molar refractivity (Wildman–Crippen MR) is 85.8 cm³/mol. The van der Waals surface area contributed by atoms with E-state index in [2.05, 4.69) is 16.4 Å². The summed E-state index contributed by atoms with van der Waals surface area (Å²) in [6.45, 7) is 6.75. The van der Waals surface area contributed by atoms with Crippen molar-refractivity contribution in [3.05, 3.63) is 33.0 Å². The van der Waals surface area contributed by atoms with Gasteiger partial charge in [0, 0.05) is 18.5 Å². The Balaban J connectivity index is 2.18. The van der Waals surface area contributed by atoms with Gasteiger partial charge in [-0.25, -0.2) is 4.98 Å². The Hall–Kier alpha value is -1.40. The van der Waals surface area contributed by atoms with Crippen molar-refractivity contribution in [3.8, 4) is 0 Å². The van der Waals surface area contributed by atoms with Crippen LogP contribution in [0.4, 0.5) is 5.13 Å². The highest BCUT2D eigenvalue weighted by molar-refractivity contribution is 7.17. The normalized spacial score (nSPS) is 12.2. The van der Waals surface area contributed by atoms with E-state index >= 15 is 0 Å². The van der Waals surface area contributed by atoms with Gasteiger partial charge in [0.2, 0.25) is 0 Å². The van der Waals surface area contributed by atoms with Crippen LogP contribution in [0.25, 0.3) is 0 Å². The smallest absolute Gasteiger partial charge is 0.266 e. The predicted octanol–water partition coefficient (Wildman–Crippen LogP) is 3.78. The first kappa shape index (κ1) is 15.0. The molecule has 20 heavy (non-hydrogen) atoms. The standard InChI is InChI=1S/C14H19N3OS2/c1-5-15-14-16-9(2)12(20-14)13(18)17(4)10(3)11-7-6-8-19-11/h6-8,10H,5H2,1-4H3,(H,15,16)/t10-/m0/s1. The zero-order valence-corrected chi connectivity index (χ0v) is 13.8. The fourth-order valence-corrected chi connectivity index (χ4v) is 3.72. The van der Waals surface area contributed by atoms with Gasteiger partial charge in [-0.1, -0.05) is 17.4 Å². The molecule has 0 bridgehead atoms. The van der Waals surface area contributed by atoms with E-state index in [-0.39, 0.29) is 11.9 Å². The molecular weight excluding hydrogens is 290 g/mol. The van der Waals surface area contributed by atoms with Crippen molar-refractivity contribution >= 4 is 33.7 Å². The first-order valence-electron chi connectivity index (χ1n) is 6.56. The number of hydrogen-bond donors (Lipinski definition) is 1. The average Bonchev–Trinajstić information content (AvgIpc) is 3.06. The van der Waals surface area contributed by atoms with Gasteiger partial charge in [0.15, 0.2) is 5.13 Å². The van der Waals surface area contributed by atoms with Gasteiger partial charge in [-0.15, -0.1) is 11.3 Å². The number of carbonyl (C=O) groups is 1. The summed E-state index contributed by atoms with van der Waals surface area (Å²) in [5, 5.41) is 6.00. The van der Waals surface area contributed by atoms with E-state index in [0.717, 1.165) is 17.4 Å². The van der Waals surface area contributed by atoms with Gasteiger partial charge < -0.3 is 10.2 Å². The molecule has 0 aromatic carbocycles. The van der Waals surface area contributed by atoms with Crippen LogP contribution in [-0.4, -0.2) is 29.4 Å². The molecule has 1 amide bonds. The second-order valence-electron chi connectivity index (χ2n) is 4.57. The lowest BCUT2D eigenvalue weighted by Gasteiger charge is -2.23. The van der Waals surface area contributed by atoms with Crippen LogP contribution >= 0.6 is 22.7 Å². The molecule has 0 saturated heterocycles. The van der Waals surface area contributed by atoms with Crippen molar-refractivity contribution < 1.29 is 4.79 Å². The molecule has 0 aliphatic carbocycles. The minimum absolute atomic E-state index is 0.0325. The third-order valence-corrected chi connectivity index (χ3v) is 5.32. The first-order chi connectivity index (χ1) is 9.54. The number of thiophene rings is 1. The molecule has 2 heterocycles. The van der Waals surface area contributed by atoms with Gasteiger partial charge in [0.05, 0.1) is 11.7 Å². The Bertz CT molecular complexity index is 577. The Kier molecular flexibility index (Phi) is 4.77. The number of amides is 1. The van der Waals surface area contributed by atoms with E-state index in [1.165, 1.54) is 16.2 Å². The van der Waals surface area contributed by atoms with Crippen LogP contribution in [0.15, 0.2) is 17.5 Å². The molecule has 2 rings (SSSR count). The number of thiazole rings is 1. The molecule has 0 fully saturated rings. The molecular formula is C14H19N3OS2. The van der Waals surface area contributed by atoms with Crippen LogP contribution < -0.4 is 5.32 Å². The zero-order valence-electron chi connectivity index (χ0n) is 12.1. The monoisotopic (exact) mass is 309 g/mol. The molecule has 108 valence electrons. The number of aryl methyl sites for hydroxylation is 1. The molecule has 4 nitrogen and oxygen atoms in total. The highest BCUT2D eigenvalue weighted by Gasteiger charge is 2.23. The number of rotatable bonds is 5. The molecule has 0 radical (unpaired) electrons. The second-order valence-corrected chi connectivity index (χ2v) is 6.55. The van der Waals surface area contributed by atoms with Crippen LogP contribution in [0.5, 0.6) is 0 Å². The summed E-state index contributed by atoms with van der Waals surface area (Å²) in [6.07, 6.45) is 0. The Morgan fingerprint density at radius 2 is 2.30 bits per heavy atom. The van der Waals surface area contributed by atoms with Gasteiger partial charge >= 0.3 is 0 Å². The van der Waals surface area contributed by atoms with Gasteiger partial charge in [0.1, 0.15) is 4.88 Å². The molecule has 1 atom stereocenters. The van der Waals surface area contributed by atoms with Crippen molar-refractivity contribution in [3.63, 3.8) is 0 Å². The summed E-state index contributed by atoms with van der Waals surface area (Å²) in [7, 11) is 1.85. The number of carbonyl (C=O) groups excluding carboxylic acids is 1. The van der Waals surface area contributed by atoms with Crippen molar-refractivity contribution in [1.29, 1.82) is 0 Å². The molecule has 2 aromatic heterocycles. The van der Waals surface area contributed by atoms with Crippen LogP contribution in [0, 0.1) is 6.92 Å². The van der Waals surface area contributed by atoms with Gasteiger partial charge in [-0.2, -0.15) is 0 Å². The molecule has 0 saturated carbocycles. The van der Waals surface area contributed by atoms with Gasteiger partial charge in [0.25, 0.3) is 5.91 Å². The van der Waals surface area contributed by atoms with Gasteiger partial charge in [-0.3, -0.25) is 4.79 Å². The maximum Gasteiger partial charge on any atom is 0.266 e. The number of nitrogens with one attached hydrogen (secondary N) is 1. The molecule has 0 aliphatic heterocycles. The Labute approximate surface area is 127 Å². The fraction of sp³-hybridized carbons (Fsp3) is 0.429. The lowest BCUT2D eigenvalue weighted by Crippen LogP contribution is -2.29. The van der Waals surface area contributed by atoms with Crippen LogP contribution in [0.3, 0.4) is 0 Å². The maximum absolute atomic E-state index is 12.6. The molecule has 1 N–H and O–H groups in total. The van der Waals surface area contributed by atoms with E-state index in [9.17, 15) is 4.79 Å². The zero-order chi connectivity index (χ0) is 14.7. The maximum atomic E-state index is 12.6. The third-order valence-electron chi connectivity index (χ3n) is 3.18. The summed E-state index contributed by atoms with van der Waals surface area (Å²) in [5.74, 6) is 0.0325.